The van der Waals surface area contributed by atoms with Crippen LogP contribution in [0.15, 0.2) is 36.7 Å². The fraction of sp³-hybridized carbons (Fsp3) is 0.0667. The van der Waals surface area contributed by atoms with Crippen LogP contribution in [0.5, 0.6) is 0 Å². The number of nitro benzene ring substituents is 1. The van der Waals surface area contributed by atoms with Gasteiger partial charge >= 0.3 is 0 Å². The molecule has 0 spiro atoms. The number of aryl methyl sites for hydroxylation is 1. The summed E-state index contributed by atoms with van der Waals surface area (Å²) >= 11 is 5.86. The van der Waals surface area contributed by atoms with E-state index in [1.807, 2.05) is 0 Å². The van der Waals surface area contributed by atoms with Crippen molar-refractivity contribution in [3.05, 3.63) is 63.2 Å². The second kappa shape index (κ2) is 5.77. The van der Waals surface area contributed by atoms with E-state index in [0.717, 1.165) is 0 Å². The van der Waals surface area contributed by atoms with Crippen molar-refractivity contribution in [2.24, 2.45) is 0 Å². The molecular formula is C15H10ClFN4O2. The van der Waals surface area contributed by atoms with Crippen LogP contribution in [0.4, 0.5) is 21.6 Å². The molecule has 8 heteroatoms. The Morgan fingerprint density at radius 2 is 2.04 bits per heavy atom. The van der Waals surface area contributed by atoms with E-state index in [-0.39, 0.29) is 17.2 Å². The first-order chi connectivity index (χ1) is 11.0. The van der Waals surface area contributed by atoms with E-state index in [2.05, 4.69) is 15.3 Å². The minimum atomic E-state index is -0.511. The second-order valence-electron chi connectivity index (χ2n) is 4.88. The van der Waals surface area contributed by atoms with Gasteiger partial charge in [-0.05, 0) is 31.2 Å². The van der Waals surface area contributed by atoms with Crippen molar-refractivity contribution in [1.29, 1.82) is 0 Å². The molecule has 0 bridgehead atoms. The molecule has 0 aliphatic rings. The van der Waals surface area contributed by atoms with Gasteiger partial charge in [-0.2, -0.15) is 0 Å². The molecular weight excluding hydrogens is 323 g/mol. The number of hydrogen-bond donors (Lipinski definition) is 1. The number of nitrogens with one attached hydrogen (secondary N) is 1. The summed E-state index contributed by atoms with van der Waals surface area (Å²) in [5, 5.41) is 14.7. The van der Waals surface area contributed by atoms with Gasteiger partial charge in [0, 0.05) is 22.0 Å². The average molecular weight is 333 g/mol. The zero-order valence-electron chi connectivity index (χ0n) is 11.9. The van der Waals surface area contributed by atoms with Crippen LogP contribution in [-0.4, -0.2) is 14.9 Å². The predicted octanol–water partition coefficient (Wildman–Crippen LogP) is 4.38. The summed E-state index contributed by atoms with van der Waals surface area (Å²) in [7, 11) is 0. The Morgan fingerprint density at radius 1 is 1.26 bits per heavy atom. The van der Waals surface area contributed by atoms with E-state index in [4.69, 9.17) is 11.6 Å². The Morgan fingerprint density at radius 3 is 2.78 bits per heavy atom. The highest BCUT2D eigenvalue weighted by Crippen LogP contribution is 2.30. The summed E-state index contributed by atoms with van der Waals surface area (Å²) in [6, 6.07) is 7.02. The molecule has 1 aromatic heterocycles. The number of rotatable bonds is 3. The molecule has 23 heavy (non-hydrogen) atoms. The second-order valence-corrected chi connectivity index (χ2v) is 5.32. The van der Waals surface area contributed by atoms with Crippen LogP contribution in [0.25, 0.3) is 10.9 Å². The summed E-state index contributed by atoms with van der Waals surface area (Å²) in [6.07, 6.45) is 1.30. The zero-order chi connectivity index (χ0) is 16.6. The maximum absolute atomic E-state index is 13.9. The summed E-state index contributed by atoms with van der Waals surface area (Å²) in [4.78, 5) is 18.8. The highest BCUT2D eigenvalue weighted by Gasteiger charge is 2.15. The standard InChI is InChI=1S/C15H10ClFN4O2/c1-8-4-12-10(6-14(8)21(22)23)15(19-7-18-12)20-13-5-9(16)2-3-11(13)17/h2-7H,1H3,(H,18,19,20). The minimum absolute atomic E-state index is 0.0538. The highest BCUT2D eigenvalue weighted by molar-refractivity contribution is 6.30. The van der Waals surface area contributed by atoms with E-state index in [1.165, 1.54) is 30.6 Å². The fourth-order valence-corrected chi connectivity index (χ4v) is 2.39. The lowest BCUT2D eigenvalue weighted by Gasteiger charge is -2.10. The number of fused-ring (bicyclic) bond motifs is 1. The molecule has 0 saturated carbocycles. The van der Waals surface area contributed by atoms with Gasteiger partial charge in [-0.3, -0.25) is 10.1 Å². The largest absolute Gasteiger partial charge is 0.337 e. The molecule has 3 aromatic rings. The summed E-state index contributed by atoms with van der Waals surface area (Å²) in [6.45, 7) is 1.63. The zero-order valence-corrected chi connectivity index (χ0v) is 12.6. The van der Waals surface area contributed by atoms with Gasteiger partial charge in [0.2, 0.25) is 0 Å². The van der Waals surface area contributed by atoms with Crippen LogP contribution in [0.2, 0.25) is 5.02 Å². The SMILES string of the molecule is Cc1cc2ncnc(Nc3cc(Cl)ccc3F)c2cc1[N+](=O)[O-]. The number of aromatic nitrogens is 2. The molecule has 0 aliphatic carbocycles. The van der Waals surface area contributed by atoms with Crippen molar-refractivity contribution in [1.82, 2.24) is 9.97 Å². The number of hydrogen-bond acceptors (Lipinski definition) is 5. The lowest BCUT2D eigenvalue weighted by molar-refractivity contribution is -0.385. The molecule has 116 valence electrons. The fourth-order valence-electron chi connectivity index (χ4n) is 2.21. The van der Waals surface area contributed by atoms with Crippen LogP contribution < -0.4 is 5.32 Å². The molecule has 6 nitrogen and oxygen atoms in total. The molecule has 3 rings (SSSR count). The van der Waals surface area contributed by atoms with Crippen molar-refractivity contribution >= 4 is 39.7 Å². The first-order valence-corrected chi connectivity index (χ1v) is 6.95. The Kier molecular flexibility index (Phi) is 3.79. The van der Waals surface area contributed by atoms with E-state index in [9.17, 15) is 14.5 Å². The Hall–Kier alpha value is -2.80. The first kappa shape index (κ1) is 15.1. The third-order valence-electron chi connectivity index (χ3n) is 3.33. The summed E-state index contributed by atoms with van der Waals surface area (Å²) in [5.74, 6) is -0.248. The van der Waals surface area contributed by atoms with Gasteiger partial charge in [-0.15, -0.1) is 0 Å². The van der Waals surface area contributed by atoms with Crippen LogP contribution in [0, 0.1) is 22.9 Å². The normalized spacial score (nSPS) is 10.7. The molecule has 0 aliphatic heterocycles. The molecule has 0 saturated heterocycles. The molecule has 2 aromatic carbocycles. The third kappa shape index (κ3) is 2.91. The number of halogens is 2. The lowest BCUT2D eigenvalue weighted by Crippen LogP contribution is -2.00. The molecule has 1 heterocycles. The number of nitrogens with zero attached hydrogens (tertiary/aromatic N) is 3. The van der Waals surface area contributed by atoms with Gasteiger partial charge in [0.05, 0.1) is 16.1 Å². The smallest absolute Gasteiger partial charge is 0.273 e. The van der Waals surface area contributed by atoms with Gasteiger partial charge < -0.3 is 5.32 Å². The van der Waals surface area contributed by atoms with Crippen molar-refractivity contribution in [2.45, 2.75) is 6.92 Å². The molecule has 0 fully saturated rings. The van der Waals surface area contributed by atoms with Crippen molar-refractivity contribution in [3.63, 3.8) is 0 Å². The summed E-state index contributed by atoms with van der Waals surface area (Å²) in [5.41, 5.74) is 1.08. The van der Waals surface area contributed by atoms with E-state index in [0.29, 0.717) is 21.5 Å². The van der Waals surface area contributed by atoms with Gasteiger partial charge in [0.1, 0.15) is 18.0 Å². The minimum Gasteiger partial charge on any atom is -0.337 e. The van der Waals surface area contributed by atoms with Gasteiger partial charge in [0.15, 0.2) is 0 Å². The highest BCUT2D eigenvalue weighted by atomic mass is 35.5. The number of anilines is 2. The Labute approximate surface area is 135 Å². The molecule has 1 N–H and O–H groups in total. The van der Waals surface area contributed by atoms with E-state index < -0.39 is 10.7 Å². The Bertz CT molecular complexity index is 933. The predicted molar refractivity (Wildman–Crippen MR) is 85.6 cm³/mol. The third-order valence-corrected chi connectivity index (χ3v) is 3.57. The summed E-state index contributed by atoms with van der Waals surface area (Å²) < 4.78 is 13.9. The van der Waals surface area contributed by atoms with E-state index >= 15 is 0 Å². The van der Waals surface area contributed by atoms with Crippen molar-refractivity contribution in [3.8, 4) is 0 Å². The monoisotopic (exact) mass is 332 g/mol. The molecule has 0 unspecified atom stereocenters. The van der Waals surface area contributed by atoms with Crippen LogP contribution in [-0.2, 0) is 0 Å². The quantitative estimate of drug-likeness (QED) is 0.568. The topological polar surface area (TPSA) is 81.0 Å². The maximum Gasteiger partial charge on any atom is 0.273 e. The van der Waals surface area contributed by atoms with Gasteiger partial charge in [0.25, 0.3) is 5.69 Å². The van der Waals surface area contributed by atoms with Crippen LogP contribution in [0.3, 0.4) is 0 Å². The number of benzene rings is 2. The first-order valence-electron chi connectivity index (χ1n) is 6.57. The Balaban J connectivity index is 2.15. The van der Waals surface area contributed by atoms with Gasteiger partial charge in [-0.25, -0.2) is 14.4 Å². The van der Waals surface area contributed by atoms with Crippen LogP contribution >= 0.6 is 11.6 Å². The van der Waals surface area contributed by atoms with Crippen LogP contribution in [0.1, 0.15) is 5.56 Å². The number of nitro groups is 1. The van der Waals surface area contributed by atoms with Crippen molar-refractivity contribution < 1.29 is 9.31 Å². The van der Waals surface area contributed by atoms with E-state index in [1.54, 1.807) is 13.0 Å². The van der Waals surface area contributed by atoms with Crippen molar-refractivity contribution in [2.75, 3.05) is 5.32 Å². The molecule has 0 amide bonds. The maximum atomic E-state index is 13.9. The molecule has 0 atom stereocenters. The average Bonchev–Trinajstić information content (AvgIpc) is 2.50. The molecule has 0 radical (unpaired) electrons. The lowest BCUT2D eigenvalue weighted by atomic mass is 10.1. The van der Waals surface area contributed by atoms with Gasteiger partial charge in [-0.1, -0.05) is 11.6 Å².